The average molecular weight is 530 g/mol. The van der Waals surface area contributed by atoms with Gasteiger partial charge in [0, 0.05) is 16.5 Å². The Morgan fingerprint density at radius 1 is 1.00 bits per heavy atom. The van der Waals surface area contributed by atoms with Crippen LogP contribution in [0.15, 0.2) is 53.9 Å². The molecule has 2 amide bonds. The normalized spacial score (nSPS) is 11.3. The lowest BCUT2D eigenvalue weighted by Gasteiger charge is -2.17. The molecule has 3 rings (SSSR count). The highest BCUT2D eigenvalue weighted by Crippen LogP contribution is 2.26. The van der Waals surface area contributed by atoms with E-state index in [0.29, 0.717) is 34.3 Å². The summed E-state index contributed by atoms with van der Waals surface area (Å²) in [5, 5.41) is 7.52. The molecule has 0 aliphatic carbocycles. The Morgan fingerprint density at radius 3 is 2.25 bits per heavy atom. The Hall–Kier alpha value is -3.57. The van der Waals surface area contributed by atoms with Gasteiger partial charge < -0.3 is 19.5 Å². The summed E-state index contributed by atoms with van der Waals surface area (Å²) in [6.07, 6.45) is 2.26. The number of thioether (sulfide) groups is 1. The number of ether oxygens (including phenoxy) is 3. The molecule has 1 heterocycles. The second-order valence-corrected chi connectivity index (χ2v) is 9.30. The molecule has 0 radical (unpaired) electrons. The third-order valence-electron chi connectivity index (χ3n) is 5.03. The first kappa shape index (κ1) is 27.0. The van der Waals surface area contributed by atoms with Crippen LogP contribution in [0.5, 0.6) is 11.5 Å². The number of carbonyl (C=O) groups excluding carboxylic acids is 3. The highest BCUT2D eigenvalue weighted by Gasteiger charge is 2.23. The fourth-order valence-corrected chi connectivity index (χ4v) is 4.29. The minimum Gasteiger partial charge on any atom is -0.497 e. The molecule has 2 aromatic carbocycles. The number of methoxy groups -OCH3 is 2. The summed E-state index contributed by atoms with van der Waals surface area (Å²) in [6.45, 7) is -0.496. The van der Waals surface area contributed by atoms with E-state index in [-0.39, 0.29) is 0 Å². The van der Waals surface area contributed by atoms with Crippen LogP contribution in [0, 0.1) is 0 Å². The average Bonchev–Trinajstić information content (AvgIpc) is 3.37. The van der Waals surface area contributed by atoms with Gasteiger partial charge in [0.2, 0.25) is 0 Å². The molecule has 0 aliphatic heterocycles. The topological polar surface area (TPSA) is 116 Å². The smallest absolute Gasteiger partial charge is 0.329 e. The van der Waals surface area contributed by atoms with E-state index in [9.17, 15) is 14.4 Å². The van der Waals surface area contributed by atoms with Crippen molar-refractivity contribution in [2.75, 3.05) is 38.2 Å². The number of amides is 2. The maximum atomic E-state index is 12.6. The number of hydrogen-bond donors (Lipinski definition) is 2. The van der Waals surface area contributed by atoms with Gasteiger partial charge in [-0.1, -0.05) is 0 Å². The van der Waals surface area contributed by atoms with Crippen LogP contribution in [0.4, 0.5) is 5.13 Å². The Kier molecular flexibility index (Phi) is 10.1. The van der Waals surface area contributed by atoms with Gasteiger partial charge in [0.25, 0.3) is 11.8 Å². The third-order valence-corrected chi connectivity index (χ3v) is 6.44. The number of hydrogen-bond acceptors (Lipinski definition) is 9. The largest absolute Gasteiger partial charge is 0.497 e. The van der Waals surface area contributed by atoms with Crippen LogP contribution >= 0.6 is 23.1 Å². The summed E-state index contributed by atoms with van der Waals surface area (Å²) in [5.74, 6) is 0.358. The van der Waals surface area contributed by atoms with Crippen molar-refractivity contribution < 1.29 is 28.6 Å². The summed E-state index contributed by atoms with van der Waals surface area (Å²) in [7, 11) is 3.13. The second kappa shape index (κ2) is 13.5. The van der Waals surface area contributed by atoms with E-state index in [0.717, 1.165) is 11.3 Å². The van der Waals surface area contributed by atoms with Gasteiger partial charge in [0.1, 0.15) is 17.5 Å². The van der Waals surface area contributed by atoms with Gasteiger partial charge in [-0.15, -0.1) is 11.3 Å². The van der Waals surface area contributed by atoms with E-state index in [2.05, 4.69) is 15.6 Å². The Morgan fingerprint density at radius 2 is 1.64 bits per heavy atom. The fraction of sp³-hybridized carbons (Fsp3) is 0.280. The molecular formula is C25H27N3O6S2. The minimum atomic E-state index is -0.888. The molecule has 0 unspecified atom stereocenters. The molecule has 0 saturated carbocycles. The summed E-state index contributed by atoms with van der Waals surface area (Å²) in [6, 6.07) is 13.0. The van der Waals surface area contributed by atoms with Crippen molar-refractivity contribution in [2.24, 2.45) is 0 Å². The third kappa shape index (κ3) is 7.72. The Balaban J connectivity index is 1.53. The maximum Gasteiger partial charge on any atom is 0.329 e. The standard InChI is InChI=1S/C25H27N3O6S2/c1-32-18-8-4-16(5-9-18)21-15-36-25(27-21)28-22(29)14-34-24(31)20(12-13-35-3)26-23(30)17-6-10-19(33-2)11-7-17/h4-11,15,20H,12-14H2,1-3H3,(H,26,30)(H,27,28,29)/t20-/m0/s1. The molecule has 11 heteroatoms. The molecule has 9 nitrogen and oxygen atoms in total. The molecule has 2 N–H and O–H groups in total. The van der Waals surface area contributed by atoms with Gasteiger partial charge >= 0.3 is 5.97 Å². The predicted molar refractivity (Wildman–Crippen MR) is 141 cm³/mol. The molecule has 36 heavy (non-hydrogen) atoms. The van der Waals surface area contributed by atoms with E-state index >= 15 is 0 Å². The number of rotatable bonds is 12. The first-order valence-electron chi connectivity index (χ1n) is 10.9. The van der Waals surface area contributed by atoms with Gasteiger partial charge in [-0.05, 0) is 67.0 Å². The molecule has 0 bridgehead atoms. The maximum absolute atomic E-state index is 12.6. The van der Waals surface area contributed by atoms with Gasteiger partial charge in [-0.25, -0.2) is 9.78 Å². The second-order valence-electron chi connectivity index (χ2n) is 7.46. The monoisotopic (exact) mass is 529 g/mol. The van der Waals surface area contributed by atoms with Crippen LogP contribution in [0.25, 0.3) is 11.3 Å². The first-order valence-corrected chi connectivity index (χ1v) is 13.2. The number of aromatic nitrogens is 1. The van der Waals surface area contributed by atoms with Crippen LogP contribution in [0.1, 0.15) is 16.8 Å². The Labute approximate surface area is 217 Å². The van der Waals surface area contributed by atoms with E-state index in [1.54, 1.807) is 31.4 Å². The van der Waals surface area contributed by atoms with Crippen LogP contribution in [-0.4, -0.2) is 61.6 Å². The number of carbonyl (C=O) groups is 3. The summed E-state index contributed by atoms with van der Waals surface area (Å²) >= 11 is 2.79. The molecule has 190 valence electrons. The highest BCUT2D eigenvalue weighted by molar-refractivity contribution is 7.98. The quantitative estimate of drug-likeness (QED) is 0.340. The number of nitrogens with one attached hydrogen (secondary N) is 2. The fourth-order valence-electron chi connectivity index (χ4n) is 3.09. The number of esters is 1. The van der Waals surface area contributed by atoms with Crippen molar-refractivity contribution in [3.8, 4) is 22.8 Å². The predicted octanol–water partition coefficient (Wildman–Crippen LogP) is 3.86. The molecule has 0 fully saturated rings. The van der Waals surface area contributed by atoms with Crippen LogP contribution in [0.2, 0.25) is 0 Å². The van der Waals surface area contributed by atoms with Gasteiger partial charge in [-0.2, -0.15) is 11.8 Å². The van der Waals surface area contributed by atoms with E-state index in [1.807, 2.05) is 35.9 Å². The lowest BCUT2D eigenvalue weighted by Crippen LogP contribution is -2.43. The van der Waals surface area contributed by atoms with Gasteiger partial charge in [0.15, 0.2) is 11.7 Å². The first-order chi connectivity index (χ1) is 17.4. The zero-order valence-electron chi connectivity index (χ0n) is 20.1. The van der Waals surface area contributed by atoms with Crippen molar-refractivity contribution >= 4 is 46.0 Å². The van der Waals surface area contributed by atoms with Crippen LogP contribution in [-0.2, 0) is 14.3 Å². The SMILES string of the molecule is COc1ccc(C(=O)N[C@@H](CCSC)C(=O)OCC(=O)Nc2nc(-c3ccc(OC)cc3)cs2)cc1. The minimum absolute atomic E-state index is 0.362. The number of benzene rings is 2. The van der Waals surface area contributed by atoms with Crippen molar-refractivity contribution in [1.29, 1.82) is 0 Å². The van der Waals surface area contributed by atoms with Gasteiger partial charge in [0.05, 0.1) is 19.9 Å². The summed E-state index contributed by atoms with van der Waals surface area (Å²) in [5.41, 5.74) is 1.96. The van der Waals surface area contributed by atoms with E-state index in [4.69, 9.17) is 14.2 Å². The lowest BCUT2D eigenvalue weighted by atomic mass is 10.1. The van der Waals surface area contributed by atoms with Crippen LogP contribution in [0.3, 0.4) is 0 Å². The van der Waals surface area contributed by atoms with Crippen molar-refractivity contribution in [2.45, 2.75) is 12.5 Å². The van der Waals surface area contributed by atoms with Crippen molar-refractivity contribution in [3.63, 3.8) is 0 Å². The molecular weight excluding hydrogens is 502 g/mol. The Bertz CT molecular complexity index is 1170. The number of nitrogens with zero attached hydrogens (tertiary/aromatic N) is 1. The van der Waals surface area contributed by atoms with Crippen molar-refractivity contribution in [1.82, 2.24) is 10.3 Å². The molecule has 1 aromatic heterocycles. The molecule has 0 aliphatic rings. The zero-order valence-corrected chi connectivity index (χ0v) is 21.7. The number of anilines is 1. The summed E-state index contributed by atoms with van der Waals surface area (Å²) in [4.78, 5) is 42.0. The summed E-state index contributed by atoms with van der Waals surface area (Å²) < 4.78 is 15.4. The van der Waals surface area contributed by atoms with Crippen molar-refractivity contribution in [3.05, 3.63) is 59.5 Å². The molecule has 0 spiro atoms. The molecule has 0 saturated heterocycles. The lowest BCUT2D eigenvalue weighted by molar-refractivity contribution is -0.149. The van der Waals surface area contributed by atoms with E-state index in [1.165, 1.54) is 30.2 Å². The molecule has 3 aromatic rings. The number of thiazole rings is 1. The van der Waals surface area contributed by atoms with Crippen LogP contribution < -0.4 is 20.1 Å². The zero-order chi connectivity index (χ0) is 25.9. The highest BCUT2D eigenvalue weighted by atomic mass is 32.2. The van der Waals surface area contributed by atoms with Gasteiger partial charge in [-0.3, -0.25) is 14.9 Å². The molecule has 1 atom stereocenters. The van der Waals surface area contributed by atoms with E-state index < -0.39 is 30.4 Å².